The summed E-state index contributed by atoms with van der Waals surface area (Å²) >= 11 is 3.32. The average molecular weight is 322 g/mol. The fourth-order valence-corrected chi connectivity index (χ4v) is 2.47. The minimum Gasteiger partial charge on any atom is -0.484 e. The molecule has 1 aliphatic rings. The van der Waals surface area contributed by atoms with Gasteiger partial charge in [0.05, 0.1) is 12.0 Å². The van der Waals surface area contributed by atoms with Gasteiger partial charge in [-0.2, -0.15) is 0 Å². The Labute approximate surface area is 117 Å². The monoisotopic (exact) mass is 321 g/mol. The highest BCUT2D eigenvalue weighted by Crippen LogP contribution is 2.35. The number of rotatable bonds is 1. The van der Waals surface area contributed by atoms with Gasteiger partial charge in [-0.15, -0.1) is 0 Å². The molecule has 0 saturated carbocycles. The van der Waals surface area contributed by atoms with Crippen LogP contribution in [0.3, 0.4) is 0 Å². The van der Waals surface area contributed by atoms with E-state index in [4.69, 9.17) is 4.74 Å². The number of ketones is 1. The predicted octanol–water partition coefficient (Wildman–Crippen LogP) is 3.69. The van der Waals surface area contributed by atoms with E-state index in [2.05, 4.69) is 20.9 Å². The fraction of sp³-hybridized carbons (Fsp3) is 0.143. The van der Waals surface area contributed by atoms with Gasteiger partial charge in [-0.05, 0) is 34.1 Å². The summed E-state index contributed by atoms with van der Waals surface area (Å²) in [5, 5.41) is 0. The summed E-state index contributed by atoms with van der Waals surface area (Å²) in [5.74, 6) is -0.174. The first kappa shape index (κ1) is 12.3. The Morgan fingerprint density at radius 3 is 2.95 bits per heavy atom. The van der Waals surface area contributed by atoms with Crippen LogP contribution in [-0.2, 0) is 0 Å². The summed E-state index contributed by atoms with van der Waals surface area (Å²) in [4.78, 5) is 16.1. The lowest BCUT2D eigenvalue weighted by atomic mass is 9.97. The van der Waals surface area contributed by atoms with E-state index in [1.54, 1.807) is 12.4 Å². The van der Waals surface area contributed by atoms with Crippen LogP contribution in [0, 0.1) is 5.82 Å². The molecule has 1 aromatic heterocycles. The van der Waals surface area contributed by atoms with Gasteiger partial charge in [-0.3, -0.25) is 9.78 Å². The maximum atomic E-state index is 13.2. The molecular weight excluding hydrogens is 313 g/mol. The number of hydrogen-bond acceptors (Lipinski definition) is 3. The van der Waals surface area contributed by atoms with Crippen LogP contribution in [-0.4, -0.2) is 10.8 Å². The molecule has 3 rings (SSSR count). The number of aromatic nitrogens is 1. The molecule has 3 nitrogen and oxygen atoms in total. The molecule has 0 N–H and O–H groups in total. The van der Waals surface area contributed by atoms with E-state index < -0.39 is 11.9 Å². The van der Waals surface area contributed by atoms with Crippen LogP contribution < -0.4 is 4.74 Å². The Bertz CT molecular complexity index is 660. The average Bonchev–Trinajstić information content (AvgIpc) is 2.38. The van der Waals surface area contributed by atoms with Crippen LogP contribution in [0.25, 0.3) is 0 Å². The molecule has 0 saturated heterocycles. The SMILES string of the molecule is O=C1CC(c2cncc(Br)c2)Oc2cc(F)ccc21. The number of nitrogens with zero attached hydrogens (tertiary/aromatic N) is 1. The van der Waals surface area contributed by atoms with Crippen LogP contribution in [0.5, 0.6) is 5.75 Å². The van der Waals surface area contributed by atoms with E-state index in [1.807, 2.05) is 6.07 Å². The molecule has 1 atom stereocenters. The summed E-state index contributed by atoms with van der Waals surface area (Å²) in [6.07, 6.45) is 3.11. The largest absolute Gasteiger partial charge is 0.484 e. The highest BCUT2D eigenvalue weighted by atomic mass is 79.9. The van der Waals surface area contributed by atoms with Crippen molar-refractivity contribution < 1.29 is 13.9 Å². The first-order chi connectivity index (χ1) is 9.13. The predicted molar refractivity (Wildman–Crippen MR) is 70.7 cm³/mol. The molecule has 0 spiro atoms. The first-order valence-corrected chi connectivity index (χ1v) is 6.52. The maximum absolute atomic E-state index is 13.2. The summed E-state index contributed by atoms with van der Waals surface area (Å²) in [5.41, 5.74) is 1.22. The van der Waals surface area contributed by atoms with Gasteiger partial charge in [-0.1, -0.05) is 0 Å². The third-order valence-electron chi connectivity index (χ3n) is 2.98. The number of halogens is 2. The van der Waals surface area contributed by atoms with Gasteiger partial charge in [0.1, 0.15) is 17.7 Å². The number of carbonyl (C=O) groups is 1. The van der Waals surface area contributed by atoms with Gasteiger partial charge in [0.2, 0.25) is 0 Å². The summed E-state index contributed by atoms with van der Waals surface area (Å²) in [6.45, 7) is 0. The molecular formula is C14H9BrFNO2. The Morgan fingerprint density at radius 1 is 1.32 bits per heavy atom. The standard InChI is InChI=1S/C14H9BrFNO2/c15-9-3-8(6-17-7-9)13-5-12(18)11-2-1-10(16)4-14(11)19-13/h1-4,6-7,13H,5H2. The summed E-state index contributed by atoms with van der Waals surface area (Å²) < 4.78 is 19.7. The third kappa shape index (κ3) is 2.38. The molecule has 1 aromatic carbocycles. The van der Waals surface area contributed by atoms with Crippen LogP contribution in [0.15, 0.2) is 41.1 Å². The van der Waals surface area contributed by atoms with Crippen molar-refractivity contribution in [3.8, 4) is 5.75 Å². The van der Waals surface area contributed by atoms with Gasteiger partial charge in [0.25, 0.3) is 0 Å². The van der Waals surface area contributed by atoms with Gasteiger partial charge in [-0.25, -0.2) is 4.39 Å². The van der Waals surface area contributed by atoms with Crippen molar-refractivity contribution in [1.82, 2.24) is 4.98 Å². The van der Waals surface area contributed by atoms with Crippen molar-refractivity contribution in [3.05, 3.63) is 58.1 Å². The number of fused-ring (bicyclic) bond motifs is 1. The van der Waals surface area contributed by atoms with E-state index in [0.29, 0.717) is 11.3 Å². The van der Waals surface area contributed by atoms with Crippen LogP contribution in [0.1, 0.15) is 28.4 Å². The Hall–Kier alpha value is -1.75. The van der Waals surface area contributed by atoms with Gasteiger partial charge >= 0.3 is 0 Å². The zero-order valence-corrected chi connectivity index (χ0v) is 11.4. The van der Waals surface area contributed by atoms with Gasteiger partial charge in [0.15, 0.2) is 5.78 Å². The lowest BCUT2D eigenvalue weighted by molar-refractivity contribution is 0.0849. The normalized spacial score (nSPS) is 17.8. The molecule has 0 amide bonds. The quantitative estimate of drug-likeness (QED) is 0.804. The van der Waals surface area contributed by atoms with Gasteiger partial charge < -0.3 is 4.74 Å². The third-order valence-corrected chi connectivity index (χ3v) is 3.42. The Balaban J connectivity index is 1.98. The highest BCUT2D eigenvalue weighted by molar-refractivity contribution is 9.10. The lowest BCUT2D eigenvalue weighted by Crippen LogP contribution is -2.20. The molecule has 0 aliphatic carbocycles. The highest BCUT2D eigenvalue weighted by Gasteiger charge is 2.28. The van der Waals surface area contributed by atoms with Crippen molar-refractivity contribution in [2.75, 3.05) is 0 Å². The topological polar surface area (TPSA) is 39.2 Å². The number of carbonyl (C=O) groups excluding carboxylic acids is 1. The van der Waals surface area contributed by atoms with Crippen molar-refractivity contribution in [2.24, 2.45) is 0 Å². The molecule has 2 aromatic rings. The molecule has 19 heavy (non-hydrogen) atoms. The minimum atomic E-state index is -0.424. The minimum absolute atomic E-state index is 0.0498. The number of Topliss-reactive ketones (excluding diaryl/α,β-unsaturated/α-hetero) is 1. The van der Waals surface area contributed by atoms with Crippen LogP contribution >= 0.6 is 15.9 Å². The fourth-order valence-electron chi connectivity index (χ4n) is 2.09. The first-order valence-electron chi connectivity index (χ1n) is 5.73. The Morgan fingerprint density at radius 2 is 2.16 bits per heavy atom. The van der Waals surface area contributed by atoms with Gasteiger partial charge in [0, 0.05) is 28.5 Å². The van der Waals surface area contributed by atoms with Crippen molar-refractivity contribution in [3.63, 3.8) is 0 Å². The number of ether oxygens (including phenoxy) is 1. The van der Waals surface area contributed by atoms with E-state index in [0.717, 1.165) is 10.0 Å². The molecule has 0 bridgehead atoms. The molecule has 1 aliphatic heterocycles. The van der Waals surface area contributed by atoms with Crippen molar-refractivity contribution in [1.29, 1.82) is 0 Å². The van der Waals surface area contributed by atoms with E-state index >= 15 is 0 Å². The smallest absolute Gasteiger partial charge is 0.170 e. The van der Waals surface area contributed by atoms with E-state index in [-0.39, 0.29) is 12.2 Å². The molecule has 2 heterocycles. The van der Waals surface area contributed by atoms with Crippen LogP contribution in [0.4, 0.5) is 4.39 Å². The van der Waals surface area contributed by atoms with E-state index in [1.165, 1.54) is 18.2 Å². The van der Waals surface area contributed by atoms with E-state index in [9.17, 15) is 9.18 Å². The summed E-state index contributed by atoms with van der Waals surface area (Å²) in [6, 6.07) is 5.81. The number of pyridine rings is 1. The zero-order valence-electron chi connectivity index (χ0n) is 9.77. The number of benzene rings is 1. The second-order valence-electron chi connectivity index (χ2n) is 4.31. The lowest BCUT2D eigenvalue weighted by Gasteiger charge is -2.25. The second-order valence-corrected chi connectivity index (χ2v) is 5.23. The van der Waals surface area contributed by atoms with Crippen molar-refractivity contribution in [2.45, 2.75) is 12.5 Å². The molecule has 5 heteroatoms. The maximum Gasteiger partial charge on any atom is 0.170 e. The molecule has 0 radical (unpaired) electrons. The molecule has 0 fully saturated rings. The molecule has 96 valence electrons. The molecule has 1 unspecified atom stereocenters. The Kier molecular flexibility index (Phi) is 3.06. The second kappa shape index (κ2) is 4.74. The summed E-state index contributed by atoms with van der Waals surface area (Å²) in [7, 11) is 0. The van der Waals surface area contributed by atoms with Crippen LogP contribution in [0.2, 0.25) is 0 Å². The zero-order chi connectivity index (χ0) is 13.4. The van der Waals surface area contributed by atoms with Crippen molar-refractivity contribution >= 4 is 21.7 Å². The number of hydrogen-bond donors (Lipinski definition) is 0.